The number of aliphatic imine (C=N–C) groups is 1. The number of hydrogen-bond acceptors (Lipinski definition) is 4. The van der Waals surface area contributed by atoms with E-state index in [0.717, 1.165) is 25.9 Å². The number of halogens is 2. The maximum absolute atomic E-state index is 14.0. The molecular weight excluding hydrogens is 474 g/mol. The second-order valence-corrected chi connectivity index (χ2v) is 6.48. The van der Waals surface area contributed by atoms with E-state index < -0.39 is 5.82 Å². The largest absolute Gasteiger partial charge is 0.358 e. The topological polar surface area (TPSA) is 92.6 Å². The molecule has 154 valence electrons. The number of amides is 1. The average molecular weight is 502 g/mol. The van der Waals surface area contributed by atoms with E-state index >= 15 is 0 Å². The highest BCUT2D eigenvalue weighted by atomic mass is 127. The number of likely N-dealkylation sites (tertiary alicyclic amines) is 1. The van der Waals surface area contributed by atoms with Crippen LogP contribution in [0, 0.1) is 17.1 Å². The van der Waals surface area contributed by atoms with Gasteiger partial charge in [0, 0.05) is 38.3 Å². The number of benzene rings is 1. The van der Waals surface area contributed by atoms with Gasteiger partial charge in [0.2, 0.25) is 5.91 Å². The molecule has 1 saturated heterocycles. The monoisotopic (exact) mass is 502 g/mol. The molecule has 1 aliphatic heterocycles. The lowest BCUT2D eigenvalue weighted by Gasteiger charge is -2.32. The van der Waals surface area contributed by atoms with Crippen molar-refractivity contribution in [3.05, 3.63) is 35.1 Å². The van der Waals surface area contributed by atoms with Crippen LogP contribution in [0.15, 0.2) is 23.2 Å². The summed E-state index contributed by atoms with van der Waals surface area (Å²) in [5.74, 6) is 0.253. The first kappa shape index (κ1) is 24.1. The smallest absolute Gasteiger partial charge is 0.233 e. The summed E-state index contributed by atoms with van der Waals surface area (Å²) in [6.45, 7) is 4.99. The number of nitrogens with one attached hydrogen (secondary N) is 3. The number of nitriles is 1. The molecule has 0 atom stereocenters. The van der Waals surface area contributed by atoms with Crippen molar-refractivity contribution in [1.29, 1.82) is 5.26 Å². The zero-order valence-electron chi connectivity index (χ0n) is 16.3. The minimum absolute atomic E-state index is 0. The quantitative estimate of drug-likeness (QED) is 0.312. The summed E-state index contributed by atoms with van der Waals surface area (Å²) >= 11 is 0. The lowest BCUT2D eigenvalue weighted by Crippen LogP contribution is -2.50. The van der Waals surface area contributed by atoms with Gasteiger partial charge >= 0.3 is 0 Å². The Morgan fingerprint density at radius 1 is 1.39 bits per heavy atom. The van der Waals surface area contributed by atoms with Gasteiger partial charge in [-0.1, -0.05) is 6.07 Å². The third-order valence-corrected chi connectivity index (χ3v) is 4.51. The van der Waals surface area contributed by atoms with Crippen molar-refractivity contribution in [2.75, 3.05) is 33.2 Å². The van der Waals surface area contributed by atoms with Gasteiger partial charge in [-0.05, 0) is 31.9 Å². The summed E-state index contributed by atoms with van der Waals surface area (Å²) in [4.78, 5) is 18.1. The van der Waals surface area contributed by atoms with Crippen LogP contribution in [0.5, 0.6) is 0 Å². The first-order valence-corrected chi connectivity index (χ1v) is 9.22. The second-order valence-electron chi connectivity index (χ2n) is 6.48. The highest BCUT2D eigenvalue weighted by molar-refractivity contribution is 14.0. The third kappa shape index (κ3) is 7.59. The van der Waals surface area contributed by atoms with Crippen molar-refractivity contribution >= 4 is 35.8 Å². The molecule has 0 bridgehead atoms. The number of hydrogen-bond donors (Lipinski definition) is 3. The van der Waals surface area contributed by atoms with Gasteiger partial charge in [0.25, 0.3) is 0 Å². The van der Waals surface area contributed by atoms with Crippen LogP contribution in [0.2, 0.25) is 0 Å². The molecule has 0 radical (unpaired) electrons. The van der Waals surface area contributed by atoms with E-state index in [1.165, 1.54) is 6.07 Å². The Hall–Kier alpha value is -1.93. The van der Waals surface area contributed by atoms with Crippen LogP contribution in [0.3, 0.4) is 0 Å². The molecule has 1 heterocycles. The molecule has 0 unspecified atom stereocenters. The Labute approximate surface area is 182 Å². The molecule has 28 heavy (non-hydrogen) atoms. The molecule has 0 aliphatic carbocycles. The highest BCUT2D eigenvalue weighted by Crippen LogP contribution is 2.12. The van der Waals surface area contributed by atoms with E-state index in [-0.39, 0.29) is 42.5 Å². The van der Waals surface area contributed by atoms with E-state index in [4.69, 9.17) is 5.26 Å². The SMILES string of the molecule is CCNC(=NCc1ccc(C#N)cc1F)NC1CCN(CC(=O)NC)CC1.I. The van der Waals surface area contributed by atoms with E-state index in [1.54, 1.807) is 19.2 Å². The summed E-state index contributed by atoms with van der Waals surface area (Å²) in [5.41, 5.74) is 0.750. The number of piperidine rings is 1. The normalized spacial score (nSPS) is 15.3. The Balaban J connectivity index is 0.00000392. The predicted octanol–water partition coefficient (Wildman–Crippen LogP) is 1.58. The molecular formula is C19H28FIN6O. The lowest BCUT2D eigenvalue weighted by atomic mass is 10.1. The zero-order chi connectivity index (χ0) is 19.6. The van der Waals surface area contributed by atoms with Crippen molar-refractivity contribution in [3.8, 4) is 6.07 Å². The summed E-state index contributed by atoms with van der Waals surface area (Å²) in [6.07, 6.45) is 1.82. The number of carbonyl (C=O) groups excluding carboxylic acids is 1. The fraction of sp³-hybridized carbons (Fsp3) is 0.526. The molecule has 0 spiro atoms. The van der Waals surface area contributed by atoms with E-state index in [9.17, 15) is 9.18 Å². The maximum Gasteiger partial charge on any atom is 0.233 e. The van der Waals surface area contributed by atoms with Gasteiger partial charge in [-0.25, -0.2) is 9.38 Å². The Morgan fingerprint density at radius 3 is 2.68 bits per heavy atom. The van der Waals surface area contributed by atoms with Crippen LogP contribution in [-0.2, 0) is 11.3 Å². The molecule has 0 aromatic heterocycles. The minimum atomic E-state index is -0.420. The molecule has 1 fully saturated rings. The summed E-state index contributed by atoms with van der Waals surface area (Å²) in [5, 5.41) is 18.0. The predicted molar refractivity (Wildman–Crippen MR) is 118 cm³/mol. The van der Waals surface area contributed by atoms with Crippen molar-refractivity contribution in [1.82, 2.24) is 20.9 Å². The average Bonchev–Trinajstić information content (AvgIpc) is 2.68. The molecule has 7 nitrogen and oxygen atoms in total. The molecule has 1 aromatic carbocycles. The van der Waals surface area contributed by atoms with Crippen LogP contribution < -0.4 is 16.0 Å². The Bertz CT molecular complexity index is 713. The molecule has 1 aromatic rings. The fourth-order valence-corrected chi connectivity index (χ4v) is 2.94. The van der Waals surface area contributed by atoms with Gasteiger partial charge < -0.3 is 16.0 Å². The fourth-order valence-electron chi connectivity index (χ4n) is 2.94. The van der Waals surface area contributed by atoms with Crippen molar-refractivity contribution in [2.45, 2.75) is 32.4 Å². The maximum atomic E-state index is 14.0. The Morgan fingerprint density at radius 2 is 2.11 bits per heavy atom. The van der Waals surface area contributed by atoms with Gasteiger partial charge in [0.05, 0.1) is 24.7 Å². The Kier molecular flexibility index (Phi) is 10.8. The summed E-state index contributed by atoms with van der Waals surface area (Å²) < 4.78 is 14.0. The van der Waals surface area contributed by atoms with E-state index in [1.807, 2.05) is 13.0 Å². The zero-order valence-corrected chi connectivity index (χ0v) is 18.6. The van der Waals surface area contributed by atoms with Crippen LogP contribution in [0.25, 0.3) is 0 Å². The van der Waals surface area contributed by atoms with Crippen LogP contribution in [0.1, 0.15) is 30.9 Å². The van der Waals surface area contributed by atoms with Gasteiger partial charge in [0.1, 0.15) is 5.82 Å². The lowest BCUT2D eigenvalue weighted by molar-refractivity contribution is -0.122. The van der Waals surface area contributed by atoms with Gasteiger partial charge in [0.15, 0.2) is 5.96 Å². The molecule has 3 N–H and O–H groups in total. The second kappa shape index (κ2) is 12.5. The first-order valence-electron chi connectivity index (χ1n) is 9.22. The third-order valence-electron chi connectivity index (χ3n) is 4.51. The number of guanidine groups is 1. The molecule has 0 saturated carbocycles. The van der Waals surface area contributed by atoms with E-state index in [0.29, 0.717) is 30.2 Å². The molecule has 1 aliphatic rings. The number of rotatable bonds is 6. The first-order chi connectivity index (χ1) is 13.0. The van der Waals surface area contributed by atoms with Crippen LogP contribution in [-0.4, -0.2) is 56.0 Å². The summed E-state index contributed by atoms with van der Waals surface area (Å²) in [7, 11) is 1.65. The van der Waals surface area contributed by atoms with Crippen molar-refractivity contribution in [2.24, 2.45) is 4.99 Å². The van der Waals surface area contributed by atoms with Crippen LogP contribution in [0.4, 0.5) is 4.39 Å². The highest BCUT2D eigenvalue weighted by Gasteiger charge is 2.21. The van der Waals surface area contributed by atoms with Crippen LogP contribution >= 0.6 is 24.0 Å². The van der Waals surface area contributed by atoms with Gasteiger partial charge in [-0.15, -0.1) is 24.0 Å². The summed E-state index contributed by atoms with van der Waals surface area (Å²) in [6, 6.07) is 6.60. The number of carbonyl (C=O) groups is 1. The minimum Gasteiger partial charge on any atom is -0.358 e. The molecule has 1 amide bonds. The number of nitrogens with zero attached hydrogens (tertiary/aromatic N) is 3. The number of likely N-dealkylation sites (N-methyl/N-ethyl adjacent to an activating group) is 1. The van der Waals surface area contributed by atoms with Crippen molar-refractivity contribution < 1.29 is 9.18 Å². The van der Waals surface area contributed by atoms with Crippen molar-refractivity contribution in [3.63, 3.8) is 0 Å². The van der Waals surface area contributed by atoms with E-state index in [2.05, 4.69) is 25.8 Å². The standard InChI is InChI=1S/C19H27FN6O.HI/c1-3-23-19(24-12-15-5-4-14(11-21)10-17(15)20)25-16-6-8-26(9-7-16)13-18(27)22-2;/h4-5,10,16H,3,6-9,12-13H2,1-2H3,(H,22,27)(H2,23,24,25);1H. The van der Waals surface area contributed by atoms with Gasteiger partial charge in [-0.2, -0.15) is 5.26 Å². The molecule has 9 heteroatoms. The van der Waals surface area contributed by atoms with Gasteiger partial charge in [-0.3, -0.25) is 9.69 Å². The molecule has 2 rings (SSSR count).